The highest BCUT2D eigenvalue weighted by atomic mass is 19.4. The molecule has 0 saturated heterocycles. The Labute approximate surface area is 92.7 Å². The fraction of sp³-hybridized carbons (Fsp3) is 0.700. The molecule has 3 nitrogen and oxygen atoms in total. The monoisotopic (exact) mass is 239 g/mol. The summed E-state index contributed by atoms with van der Waals surface area (Å²) in [5.41, 5.74) is 0.370. The summed E-state index contributed by atoms with van der Waals surface area (Å²) in [5.74, 6) is -0.481. The van der Waals surface area contributed by atoms with Crippen LogP contribution in [0.2, 0.25) is 0 Å². The first-order valence-corrected chi connectivity index (χ1v) is 4.81. The lowest BCUT2D eigenvalue weighted by Crippen LogP contribution is -2.31. The molecule has 1 unspecified atom stereocenters. The molecule has 0 bridgehead atoms. The van der Waals surface area contributed by atoms with Crippen molar-refractivity contribution in [3.63, 3.8) is 0 Å². The van der Waals surface area contributed by atoms with Gasteiger partial charge in [-0.1, -0.05) is 6.08 Å². The molecule has 0 aromatic rings. The number of carbonyl (C=O) groups excluding carboxylic acids is 1. The summed E-state index contributed by atoms with van der Waals surface area (Å²) in [6.45, 7) is 3.19. The van der Waals surface area contributed by atoms with Crippen molar-refractivity contribution in [3.8, 4) is 0 Å². The van der Waals surface area contributed by atoms with Crippen molar-refractivity contribution in [2.24, 2.45) is 0 Å². The molecule has 6 heteroatoms. The predicted molar refractivity (Wildman–Crippen MR) is 53.9 cm³/mol. The summed E-state index contributed by atoms with van der Waals surface area (Å²) >= 11 is 0. The Kier molecular flexibility index (Phi) is 6.10. The summed E-state index contributed by atoms with van der Waals surface area (Å²) in [7, 11) is 1.25. The van der Waals surface area contributed by atoms with Gasteiger partial charge < -0.3 is 10.1 Å². The van der Waals surface area contributed by atoms with Gasteiger partial charge in [-0.2, -0.15) is 13.2 Å². The molecule has 94 valence electrons. The van der Waals surface area contributed by atoms with E-state index in [1.165, 1.54) is 20.1 Å². The van der Waals surface area contributed by atoms with E-state index in [9.17, 15) is 18.0 Å². The largest absolute Gasteiger partial charge is 0.466 e. The van der Waals surface area contributed by atoms with E-state index in [1.807, 2.05) is 0 Å². The van der Waals surface area contributed by atoms with E-state index in [1.54, 1.807) is 6.92 Å². The number of rotatable bonds is 5. The van der Waals surface area contributed by atoms with Crippen LogP contribution in [0.1, 0.15) is 20.3 Å². The second-order valence-electron chi connectivity index (χ2n) is 3.51. The van der Waals surface area contributed by atoms with Gasteiger partial charge >= 0.3 is 12.1 Å². The van der Waals surface area contributed by atoms with Gasteiger partial charge in [-0.25, -0.2) is 4.79 Å². The van der Waals surface area contributed by atoms with Crippen molar-refractivity contribution in [3.05, 3.63) is 11.6 Å². The maximum atomic E-state index is 11.9. The first kappa shape index (κ1) is 15.0. The highest BCUT2D eigenvalue weighted by Crippen LogP contribution is 2.21. The van der Waals surface area contributed by atoms with Crippen LogP contribution >= 0.6 is 0 Å². The Morgan fingerprint density at radius 2 is 2.06 bits per heavy atom. The molecule has 0 radical (unpaired) electrons. The van der Waals surface area contributed by atoms with Gasteiger partial charge in [-0.15, -0.1) is 0 Å². The van der Waals surface area contributed by atoms with Gasteiger partial charge in [0.15, 0.2) is 0 Å². The number of ether oxygens (including phenoxy) is 1. The van der Waals surface area contributed by atoms with E-state index in [4.69, 9.17) is 0 Å². The van der Waals surface area contributed by atoms with Gasteiger partial charge in [0.25, 0.3) is 0 Å². The van der Waals surface area contributed by atoms with Crippen molar-refractivity contribution >= 4 is 5.97 Å². The van der Waals surface area contributed by atoms with Crippen molar-refractivity contribution in [1.82, 2.24) is 5.32 Å². The molecule has 0 amide bonds. The minimum Gasteiger partial charge on any atom is -0.466 e. The number of hydrogen-bond acceptors (Lipinski definition) is 3. The van der Waals surface area contributed by atoms with Gasteiger partial charge in [0, 0.05) is 18.2 Å². The Hall–Kier alpha value is -1.04. The summed E-state index contributed by atoms with van der Waals surface area (Å²) in [6, 6.07) is -0.679. The van der Waals surface area contributed by atoms with E-state index < -0.39 is 24.6 Å². The second-order valence-corrected chi connectivity index (χ2v) is 3.51. The third-order valence-corrected chi connectivity index (χ3v) is 1.92. The number of methoxy groups -OCH3 is 1. The summed E-state index contributed by atoms with van der Waals surface area (Å²) < 4.78 is 40.3. The Balaban J connectivity index is 3.94. The fourth-order valence-corrected chi connectivity index (χ4v) is 1.08. The number of carbonyl (C=O) groups is 1. The highest BCUT2D eigenvalue weighted by molar-refractivity contribution is 5.87. The highest BCUT2D eigenvalue weighted by Gasteiger charge is 2.29. The number of esters is 1. The average molecular weight is 239 g/mol. The smallest absolute Gasteiger partial charge is 0.390 e. The van der Waals surface area contributed by atoms with Crippen LogP contribution in [0.15, 0.2) is 11.6 Å². The molecule has 0 spiro atoms. The minimum atomic E-state index is -4.17. The lowest BCUT2D eigenvalue weighted by Gasteiger charge is -2.14. The summed E-state index contributed by atoms with van der Waals surface area (Å²) in [4.78, 5) is 10.9. The molecule has 0 aliphatic heterocycles. The fourth-order valence-electron chi connectivity index (χ4n) is 1.08. The molecular weight excluding hydrogens is 223 g/mol. The maximum absolute atomic E-state index is 11.9. The molecule has 0 aliphatic carbocycles. The van der Waals surface area contributed by atoms with Crippen LogP contribution in [0.5, 0.6) is 0 Å². The first-order chi connectivity index (χ1) is 7.26. The normalized spacial score (nSPS) is 14.8. The quantitative estimate of drug-likeness (QED) is 0.589. The van der Waals surface area contributed by atoms with Crippen LogP contribution in [0, 0.1) is 0 Å². The molecule has 0 aromatic carbocycles. The summed E-state index contributed by atoms with van der Waals surface area (Å²) in [6.07, 6.45) is -3.57. The number of halogens is 3. The minimum absolute atomic E-state index is 0.207. The second kappa shape index (κ2) is 6.52. The topological polar surface area (TPSA) is 38.3 Å². The molecule has 0 fully saturated rings. The van der Waals surface area contributed by atoms with E-state index >= 15 is 0 Å². The van der Waals surface area contributed by atoms with Gasteiger partial charge in [-0.3, -0.25) is 0 Å². The van der Waals surface area contributed by atoms with E-state index in [2.05, 4.69) is 10.1 Å². The zero-order chi connectivity index (χ0) is 12.8. The van der Waals surface area contributed by atoms with Gasteiger partial charge in [0.05, 0.1) is 13.5 Å². The van der Waals surface area contributed by atoms with E-state index in [0.29, 0.717) is 5.57 Å². The molecule has 1 N–H and O–H groups in total. The van der Waals surface area contributed by atoms with Gasteiger partial charge in [-0.05, 0) is 13.8 Å². The van der Waals surface area contributed by atoms with Crippen LogP contribution in [0.25, 0.3) is 0 Å². The number of hydrogen-bond donors (Lipinski definition) is 1. The van der Waals surface area contributed by atoms with Crippen LogP contribution in [0.4, 0.5) is 13.2 Å². The Morgan fingerprint density at radius 1 is 1.50 bits per heavy atom. The molecule has 0 aliphatic rings. The van der Waals surface area contributed by atoms with Crippen LogP contribution in [0.3, 0.4) is 0 Å². The first-order valence-electron chi connectivity index (χ1n) is 4.81. The zero-order valence-electron chi connectivity index (χ0n) is 9.52. The third kappa shape index (κ3) is 7.28. The number of nitrogens with one attached hydrogen (secondary N) is 1. The molecular formula is C10H16F3NO2. The SMILES string of the molecule is COC(=O)C(C)=CCNC(C)CC(F)(F)F. The van der Waals surface area contributed by atoms with Crippen LogP contribution in [-0.2, 0) is 9.53 Å². The van der Waals surface area contributed by atoms with Crippen LogP contribution in [-0.4, -0.2) is 31.8 Å². The van der Waals surface area contributed by atoms with Gasteiger partial charge in [0.2, 0.25) is 0 Å². The third-order valence-electron chi connectivity index (χ3n) is 1.92. The number of alkyl halides is 3. The maximum Gasteiger partial charge on any atom is 0.390 e. The van der Waals surface area contributed by atoms with Crippen molar-refractivity contribution < 1.29 is 22.7 Å². The van der Waals surface area contributed by atoms with Crippen molar-refractivity contribution in [1.29, 1.82) is 0 Å². The Morgan fingerprint density at radius 3 is 2.50 bits per heavy atom. The average Bonchev–Trinajstić information content (AvgIpc) is 2.13. The van der Waals surface area contributed by atoms with E-state index in [-0.39, 0.29) is 6.54 Å². The molecule has 1 atom stereocenters. The molecule has 0 heterocycles. The summed E-state index contributed by atoms with van der Waals surface area (Å²) in [5, 5.41) is 2.64. The molecule has 0 rings (SSSR count). The molecule has 16 heavy (non-hydrogen) atoms. The predicted octanol–water partition coefficient (Wildman–Crippen LogP) is 2.04. The van der Waals surface area contributed by atoms with Crippen LogP contribution < -0.4 is 5.32 Å². The lowest BCUT2D eigenvalue weighted by atomic mass is 10.2. The molecule has 0 saturated carbocycles. The standard InChI is InChI=1S/C10H16F3NO2/c1-7(9(15)16-3)4-5-14-8(2)6-10(11,12)13/h4,8,14H,5-6H2,1-3H3. The van der Waals surface area contributed by atoms with Crippen molar-refractivity contribution in [2.45, 2.75) is 32.5 Å². The lowest BCUT2D eigenvalue weighted by molar-refractivity contribution is -0.139. The zero-order valence-corrected chi connectivity index (χ0v) is 9.52. The van der Waals surface area contributed by atoms with E-state index in [0.717, 1.165) is 0 Å². The Bertz CT molecular complexity index is 261. The van der Waals surface area contributed by atoms with Crippen molar-refractivity contribution in [2.75, 3.05) is 13.7 Å². The molecule has 0 aromatic heterocycles. The van der Waals surface area contributed by atoms with Gasteiger partial charge in [0.1, 0.15) is 0 Å².